The van der Waals surface area contributed by atoms with E-state index in [9.17, 15) is 19.2 Å². The van der Waals surface area contributed by atoms with Crippen molar-refractivity contribution in [3.8, 4) is 0 Å². The molecule has 9 heteroatoms. The van der Waals surface area contributed by atoms with Crippen molar-refractivity contribution in [3.05, 3.63) is 11.6 Å². The first kappa shape index (κ1) is 21.6. The summed E-state index contributed by atoms with van der Waals surface area (Å²) in [5, 5.41) is 0. The molecule has 1 fully saturated rings. The number of hydrogen-bond acceptors (Lipinski definition) is 9. The number of methoxy groups -OCH3 is 5. The van der Waals surface area contributed by atoms with Crippen LogP contribution in [0.5, 0.6) is 0 Å². The average molecular weight is 372 g/mol. The molecule has 0 spiro atoms. The highest BCUT2D eigenvalue weighted by Crippen LogP contribution is 2.50. The molecule has 0 amide bonds. The Kier molecular flexibility index (Phi) is 7.76. The van der Waals surface area contributed by atoms with Crippen LogP contribution >= 0.6 is 0 Å². The molecule has 9 nitrogen and oxygen atoms in total. The minimum atomic E-state index is -1.66. The summed E-state index contributed by atoms with van der Waals surface area (Å²) < 4.78 is 24.0. The molecule has 0 radical (unpaired) electrons. The molecule has 0 bridgehead atoms. The summed E-state index contributed by atoms with van der Waals surface area (Å²) in [4.78, 5) is 49.2. The van der Waals surface area contributed by atoms with Gasteiger partial charge in [0, 0.05) is 13.0 Å². The van der Waals surface area contributed by atoms with Crippen molar-refractivity contribution in [3.63, 3.8) is 0 Å². The van der Waals surface area contributed by atoms with Gasteiger partial charge in [-0.25, -0.2) is 0 Å². The molecule has 0 heterocycles. The summed E-state index contributed by atoms with van der Waals surface area (Å²) in [5.41, 5.74) is -1.14. The van der Waals surface area contributed by atoms with Crippen molar-refractivity contribution < 1.29 is 42.9 Å². The lowest BCUT2D eigenvalue weighted by Crippen LogP contribution is -2.40. The average Bonchev–Trinajstić information content (AvgIpc) is 3.04. The zero-order valence-electron chi connectivity index (χ0n) is 15.5. The number of rotatable bonds is 7. The topological polar surface area (TPSA) is 114 Å². The van der Waals surface area contributed by atoms with E-state index in [1.54, 1.807) is 6.08 Å². The van der Waals surface area contributed by atoms with Crippen molar-refractivity contribution in [2.45, 2.75) is 12.8 Å². The van der Waals surface area contributed by atoms with Crippen molar-refractivity contribution in [1.29, 1.82) is 0 Å². The number of carbonyl (C=O) groups is 4. The molecule has 1 rings (SSSR count). The second-order valence-electron chi connectivity index (χ2n) is 5.81. The lowest BCUT2D eigenvalue weighted by Gasteiger charge is -2.24. The summed E-state index contributed by atoms with van der Waals surface area (Å²) in [6.07, 6.45) is 1.40. The Labute approximate surface area is 151 Å². The zero-order chi connectivity index (χ0) is 19.9. The van der Waals surface area contributed by atoms with Gasteiger partial charge in [-0.05, 0) is 12.8 Å². The molecule has 1 unspecified atom stereocenters. The van der Waals surface area contributed by atoms with Crippen LogP contribution in [0.2, 0.25) is 0 Å². The summed E-state index contributed by atoms with van der Waals surface area (Å²) >= 11 is 0. The molecule has 1 aliphatic rings. The molecule has 0 aromatic carbocycles. The lowest BCUT2D eigenvalue weighted by molar-refractivity contribution is -0.171. The highest BCUT2D eigenvalue weighted by Gasteiger charge is 2.59. The Morgan fingerprint density at radius 1 is 0.962 bits per heavy atom. The van der Waals surface area contributed by atoms with E-state index >= 15 is 0 Å². The van der Waals surface area contributed by atoms with Gasteiger partial charge in [-0.15, -0.1) is 0 Å². The predicted molar refractivity (Wildman–Crippen MR) is 86.7 cm³/mol. The summed E-state index contributed by atoms with van der Waals surface area (Å²) in [6.45, 7) is 0.166. The van der Waals surface area contributed by atoms with E-state index < -0.39 is 41.1 Å². The normalized spacial score (nSPS) is 19.9. The molecule has 0 N–H and O–H groups in total. The monoisotopic (exact) mass is 372 g/mol. The Hall–Kier alpha value is -2.42. The maximum absolute atomic E-state index is 12.4. The molecule has 0 aliphatic heterocycles. The van der Waals surface area contributed by atoms with Crippen LogP contribution in [0.15, 0.2) is 11.6 Å². The molecule has 1 aliphatic carbocycles. The fourth-order valence-corrected chi connectivity index (χ4v) is 3.27. The van der Waals surface area contributed by atoms with Crippen molar-refractivity contribution >= 4 is 23.9 Å². The Morgan fingerprint density at radius 2 is 1.46 bits per heavy atom. The smallest absolute Gasteiger partial charge is 0.323 e. The minimum Gasteiger partial charge on any atom is -0.468 e. The van der Waals surface area contributed by atoms with E-state index in [0.29, 0.717) is 5.57 Å². The van der Waals surface area contributed by atoms with E-state index in [1.807, 2.05) is 0 Å². The van der Waals surface area contributed by atoms with Crippen LogP contribution in [0.1, 0.15) is 12.8 Å². The first-order valence-electron chi connectivity index (χ1n) is 7.83. The van der Waals surface area contributed by atoms with Crippen molar-refractivity contribution in [2.75, 3.05) is 42.2 Å². The molecule has 146 valence electrons. The summed E-state index contributed by atoms with van der Waals surface area (Å²) in [7, 11) is 6.04. The number of esters is 4. The van der Waals surface area contributed by atoms with E-state index in [0.717, 1.165) is 28.4 Å². The summed E-state index contributed by atoms with van der Waals surface area (Å²) in [6, 6.07) is 0. The van der Waals surface area contributed by atoms with Gasteiger partial charge in [-0.2, -0.15) is 0 Å². The van der Waals surface area contributed by atoms with Gasteiger partial charge >= 0.3 is 23.9 Å². The van der Waals surface area contributed by atoms with Crippen LogP contribution in [0, 0.1) is 17.3 Å². The number of carbonyl (C=O) groups excluding carboxylic acids is 4. The van der Waals surface area contributed by atoms with Gasteiger partial charge in [0.25, 0.3) is 0 Å². The van der Waals surface area contributed by atoms with Gasteiger partial charge in [-0.1, -0.05) is 11.6 Å². The van der Waals surface area contributed by atoms with E-state index in [1.165, 1.54) is 7.11 Å². The summed E-state index contributed by atoms with van der Waals surface area (Å²) in [5.74, 6) is -5.38. The van der Waals surface area contributed by atoms with Crippen LogP contribution < -0.4 is 0 Å². The molecule has 0 aromatic heterocycles. The van der Waals surface area contributed by atoms with Gasteiger partial charge in [0.05, 0.1) is 35.0 Å². The van der Waals surface area contributed by atoms with E-state index in [2.05, 4.69) is 0 Å². The first-order chi connectivity index (χ1) is 12.3. The fourth-order valence-electron chi connectivity index (χ4n) is 3.27. The van der Waals surface area contributed by atoms with Gasteiger partial charge in [-0.3, -0.25) is 19.2 Å². The Morgan fingerprint density at radius 3 is 1.85 bits per heavy atom. The number of hydrogen-bond donors (Lipinski definition) is 0. The van der Waals surface area contributed by atoms with Crippen LogP contribution in [0.3, 0.4) is 0 Å². The molecule has 26 heavy (non-hydrogen) atoms. The van der Waals surface area contributed by atoms with Crippen LogP contribution in [-0.2, 0) is 42.9 Å². The molecule has 0 saturated heterocycles. The number of allylic oxidation sites excluding steroid dienone is 1. The maximum atomic E-state index is 12.4. The quantitative estimate of drug-likeness (QED) is 0.269. The predicted octanol–water partition coefficient (Wildman–Crippen LogP) is 0.264. The third kappa shape index (κ3) is 4.04. The van der Waals surface area contributed by atoms with Gasteiger partial charge in [0.2, 0.25) is 0 Å². The second-order valence-corrected chi connectivity index (χ2v) is 5.81. The van der Waals surface area contributed by atoms with Gasteiger partial charge in [0.1, 0.15) is 0 Å². The van der Waals surface area contributed by atoms with Gasteiger partial charge < -0.3 is 23.7 Å². The number of ether oxygens (including phenoxy) is 5. The van der Waals surface area contributed by atoms with Crippen molar-refractivity contribution in [2.24, 2.45) is 17.3 Å². The molecular weight excluding hydrogens is 348 g/mol. The first-order valence-corrected chi connectivity index (χ1v) is 7.83. The Balaban J connectivity index is 3.46. The SMILES string of the molecule is COC/C=C1\CC(C(=O)OC)(C(=O)OC)CC1C(C(=O)OC)C(=O)OC. The minimum absolute atomic E-state index is 0.0646. The molecule has 1 saturated carbocycles. The third-order valence-corrected chi connectivity index (χ3v) is 4.53. The highest BCUT2D eigenvalue weighted by atomic mass is 16.6. The van der Waals surface area contributed by atoms with Crippen LogP contribution in [0.25, 0.3) is 0 Å². The standard InChI is InChI=1S/C17H24O9/c1-22-7-6-10-8-17(15(20)25-4,16(21)26-5)9-11(10)12(13(18)23-2)14(19)24-3/h6,11-12H,7-9H2,1-5H3/b10-6+. The largest absolute Gasteiger partial charge is 0.468 e. The van der Waals surface area contributed by atoms with Crippen molar-refractivity contribution in [1.82, 2.24) is 0 Å². The highest BCUT2D eigenvalue weighted by molar-refractivity contribution is 6.02. The second kappa shape index (κ2) is 9.33. The van der Waals surface area contributed by atoms with Crippen LogP contribution in [-0.4, -0.2) is 66.0 Å². The lowest BCUT2D eigenvalue weighted by atomic mass is 9.82. The van der Waals surface area contributed by atoms with E-state index in [-0.39, 0.29) is 19.4 Å². The third-order valence-electron chi connectivity index (χ3n) is 4.53. The maximum Gasteiger partial charge on any atom is 0.323 e. The molecule has 1 atom stereocenters. The van der Waals surface area contributed by atoms with Crippen LogP contribution in [0.4, 0.5) is 0 Å². The fraction of sp³-hybridized carbons (Fsp3) is 0.647. The zero-order valence-corrected chi connectivity index (χ0v) is 15.5. The molecule has 0 aromatic rings. The molecular formula is C17H24O9. The Bertz CT molecular complexity index is 561. The van der Waals surface area contributed by atoms with E-state index in [4.69, 9.17) is 23.7 Å². The van der Waals surface area contributed by atoms with Gasteiger partial charge in [0.15, 0.2) is 11.3 Å².